The monoisotopic (exact) mass is 464 g/mol. The summed E-state index contributed by atoms with van der Waals surface area (Å²) in [6.45, 7) is 4.26. The number of ether oxygens (including phenoxy) is 2. The molecule has 0 aliphatic heterocycles. The number of carbonyl (C=O) groups is 1. The van der Waals surface area contributed by atoms with Crippen molar-refractivity contribution in [1.82, 2.24) is 15.0 Å². The van der Waals surface area contributed by atoms with Crippen molar-refractivity contribution in [3.63, 3.8) is 0 Å². The molecular weight excluding hydrogens is 440 g/mol. The van der Waals surface area contributed by atoms with Crippen LogP contribution in [0.3, 0.4) is 0 Å². The van der Waals surface area contributed by atoms with Crippen LogP contribution in [0.1, 0.15) is 31.7 Å². The molecule has 8 heteroatoms. The molecule has 1 N–H and O–H groups in total. The van der Waals surface area contributed by atoms with E-state index in [2.05, 4.69) is 29.4 Å². The number of hydrogen-bond acceptors (Lipinski definition) is 5. The van der Waals surface area contributed by atoms with E-state index in [0.717, 1.165) is 6.42 Å². The van der Waals surface area contributed by atoms with Gasteiger partial charge < -0.3 is 14.8 Å². The number of nitrogens with zero attached hydrogens (tertiary/aromatic N) is 3. The van der Waals surface area contributed by atoms with Crippen molar-refractivity contribution in [2.24, 2.45) is 0 Å². The highest BCUT2D eigenvalue weighted by Crippen LogP contribution is 2.27. The quantitative estimate of drug-likeness (QED) is 0.366. The van der Waals surface area contributed by atoms with Gasteiger partial charge in [0.05, 0.1) is 17.8 Å². The Bertz CT molecular complexity index is 1270. The lowest BCUT2D eigenvalue weighted by molar-refractivity contribution is -0.118. The molecule has 170 valence electrons. The van der Waals surface area contributed by atoms with Crippen LogP contribution in [-0.2, 0) is 4.79 Å². The van der Waals surface area contributed by atoms with Crippen LogP contribution >= 0.6 is 11.6 Å². The van der Waals surface area contributed by atoms with Crippen molar-refractivity contribution in [3.8, 4) is 17.2 Å². The average molecular weight is 465 g/mol. The summed E-state index contributed by atoms with van der Waals surface area (Å²) < 4.78 is 10.8. The van der Waals surface area contributed by atoms with Crippen LogP contribution in [0, 0.1) is 0 Å². The van der Waals surface area contributed by atoms with E-state index in [4.69, 9.17) is 21.1 Å². The van der Waals surface area contributed by atoms with Gasteiger partial charge in [0.25, 0.3) is 5.91 Å². The molecule has 7 nitrogen and oxygen atoms in total. The Morgan fingerprint density at radius 1 is 1.06 bits per heavy atom. The molecule has 4 aromatic rings. The Hall–Kier alpha value is -3.58. The fourth-order valence-electron chi connectivity index (χ4n) is 3.36. The van der Waals surface area contributed by atoms with Crippen molar-refractivity contribution in [2.45, 2.75) is 26.2 Å². The van der Waals surface area contributed by atoms with E-state index in [1.807, 2.05) is 30.3 Å². The van der Waals surface area contributed by atoms with E-state index in [1.54, 1.807) is 37.4 Å². The Labute approximate surface area is 197 Å². The Kier molecular flexibility index (Phi) is 6.79. The van der Waals surface area contributed by atoms with Gasteiger partial charge in [-0.05, 0) is 66.4 Å². The maximum absolute atomic E-state index is 12.4. The maximum Gasteiger partial charge on any atom is 0.262 e. The fourth-order valence-corrected chi connectivity index (χ4v) is 3.61. The number of methoxy groups -OCH3 is 1. The highest BCUT2D eigenvalue weighted by atomic mass is 35.5. The van der Waals surface area contributed by atoms with Gasteiger partial charge in [0.15, 0.2) is 6.61 Å². The summed E-state index contributed by atoms with van der Waals surface area (Å²) in [4.78, 5) is 13.9. The van der Waals surface area contributed by atoms with E-state index in [1.165, 1.54) is 10.4 Å². The molecule has 33 heavy (non-hydrogen) atoms. The third-order valence-corrected chi connectivity index (χ3v) is 5.76. The molecule has 3 aromatic carbocycles. The number of carbonyl (C=O) groups excluding carboxylic acids is 1. The number of benzene rings is 3. The molecule has 0 spiro atoms. The number of anilines is 1. The summed E-state index contributed by atoms with van der Waals surface area (Å²) in [5, 5.41) is 12.3. The van der Waals surface area contributed by atoms with Gasteiger partial charge in [0.2, 0.25) is 0 Å². The van der Waals surface area contributed by atoms with Crippen LogP contribution in [0.25, 0.3) is 16.7 Å². The first-order chi connectivity index (χ1) is 16.0. The molecule has 0 saturated carbocycles. The largest absolute Gasteiger partial charge is 0.495 e. The molecule has 1 amide bonds. The summed E-state index contributed by atoms with van der Waals surface area (Å²) >= 11 is 6.21. The molecular formula is C25H25ClN4O3. The number of nitrogens with one attached hydrogen (secondary N) is 1. The van der Waals surface area contributed by atoms with E-state index in [-0.39, 0.29) is 12.5 Å². The Balaban J connectivity index is 1.40. The fraction of sp³-hybridized carbons (Fsp3) is 0.240. The van der Waals surface area contributed by atoms with Crippen molar-refractivity contribution >= 4 is 34.2 Å². The molecule has 1 atom stereocenters. The van der Waals surface area contributed by atoms with Gasteiger partial charge in [-0.15, -0.1) is 10.2 Å². The van der Waals surface area contributed by atoms with Gasteiger partial charge in [-0.1, -0.05) is 37.6 Å². The van der Waals surface area contributed by atoms with E-state index in [9.17, 15) is 4.79 Å². The molecule has 0 aliphatic rings. The third-order valence-electron chi connectivity index (χ3n) is 5.46. The lowest BCUT2D eigenvalue weighted by atomic mass is 9.99. The number of hydrogen-bond donors (Lipinski definition) is 1. The molecule has 0 radical (unpaired) electrons. The van der Waals surface area contributed by atoms with Crippen LogP contribution in [0.15, 0.2) is 60.7 Å². The molecule has 0 aliphatic carbocycles. The summed E-state index contributed by atoms with van der Waals surface area (Å²) in [5.41, 5.74) is 3.91. The second-order valence-corrected chi connectivity index (χ2v) is 8.13. The minimum Gasteiger partial charge on any atom is -0.495 e. The number of halogens is 1. The van der Waals surface area contributed by atoms with Crippen molar-refractivity contribution in [2.75, 3.05) is 19.0 Å². The topological polar surface area (TPSA) is 78.3 Å². The van der Waals surface area contributed by atoms with Gasteiger partial charge in [-0.25, -0.2) is 0 Å². The third kappa shape index (κ3) is 5.26. The highest BCUT2D eigenvalue weighted by Gasteiger charge is 2.10. The summed E-state index contributed by atoms with van der Waals surface area (Å²) in [6.07, 6.45) is 1.08. The smallest absolute Gasteiger partial charge is 0.262 e. The lowest BCUT2D eigenvalue weighted by Crippen LogP contribution is -2.20. The second-order valence-electron chi connectivity index (χ2n) is 7.73. The standard InChI is InChI=1S/C25H25ClN4O3/c1-4-16(2)17-5-9-20(10-6-17)33-15-25(31)27-18-7-11-22-23(13-18)29-30(28-22)19-8-12-24(32-3)21(26)14-19/h5-14,16H,4,15H2,1-3H3,(H,27,31). The maximum atomic E-state index is 12.4. The van der Waals surface area contributed by atoms with Gasteiger partial charge >= 0.3 is 0 Å². The second kappa shape index (κ2) is 9.92. The van der Waals surface area contributed by atoms with E-state index < -0.39 is 0 Å². The van der Waals surface area contributed by atoms with Gasteiger partial charge in [0.1, 0.15) is 22.5 Å². The van der Waals surface area contributed by atoms with Crippen molar-refractivity contribution in [3.05, 3.63) is 71.2 Å². The minimum absolute atomic E-state index is 0.0856. The van der Waals surface area contributed by atoms with Crippen LogP contribution in [0.5, 0.6) is 11.5 Å². The zero-order valence-electron chi connectivity index (χ0n) is 18.7. The predicted molar refractivity (Wildman–Crippen MR) is 130 cm³/mol. The molecule has 1 aromatic heterocycles. The zero-order chi connectivity index (χ0) is 23.4. The van der Waals surface area contributed by atoms with Crippen molar-refractivity contribution in [1.29, 1.82) is 0 Å². The van der Waals surface area contributed by atoms with E-state index in [0.29, 0.717) is 44.8 Å². The minimum atomic E-state index is -0.255. The molecule has 0 bridgehead atoms. The number of fused-ring (bicyclic) bond motifs is 1. The zero-order valence-corrected chi connectivity index (χ0v) is 19.5. The number of amides is 1. The first-order valence-corrected chi connectivity index (χ1v) is 11.1. The van der Waals surface area contributed by atoms with Crippen LogP contribution < -0.4 is 14.8 Å². The van der Waals surface area contributed by atoms with Crippen LogP contribution in [0.4, 0.5) is 5.69 Å². The number of rotatable bonds is 8. The SMILES string of the molecule is CCC(C)c1ccc(OCC(=O)Nc2ccc3nn(-c4ccc(OC)c(Cl)c4)nc3c2)cc1. The normalized spacial score (nSPS) is 11.9. The van der Waals surface area contributed by atoms with E-state index >= 15 is 0 Å². The molecule has 1 heterocycles. The summed E-state index contributed by atoms with van der Waals surface area (Å²) in [6, 6.07) is 18.5. The van der Waals surface area contributed by atoms with Crippen molar-refractivity contribution < 1.29 is 14.3 Å². The molecule has 0 saturated heterocycles. The van der Waals surface area contributed by atoms with Crippen LogP contribution in [0.2, 0.25) is 5.02 Å². The molecule has 0 fully saturated rings. The predicted octanol–water partition coefficient (Wildman–Crippen LogP) is 5.61. The summed E-state index contributed by atoms with van der Waals surface area (Å²) in [7, 11) is 1.56. The van der Waals surface area contributed by atoms with Gasteiger partial charge in [0, 0.05) is 5.69 Å². The Morgan fingerprint density at radius 2 is 1.82 bits per heavy atom. The molecule has 1 unspecified atom stereocenters. The first-order valence-electron chi connectivity index (χ1n) is 10.7. The van der Waals surface area contributed by atoms with Crippen LogP contribution in [-0.4, -0.2) is 34.6 Å². The van der Waals surface area contributed by atoms with Gasteiger partial charge in [-0.2, -0.15) is 4.80 Å². The Morgan fingerprint density at radius 3 is 2.52 bits per heavy atom. The first kappa shape index (κ1) is 22.6. The number of aromatic nitrogens is 3. The average Bonchev–Trinajstić information content (AvgIpc) is 3.26. The van der Waals surface area contributed by atoms with Gasteiger partial charge in [-0.3, -0.25) is 4.79 Å². The lowest BCUT2D eigenvalue weighted by Gasteiger charge is -2.11. The summed E-state index contributed by atoms with van der Waals surface area (Å²) in [5.74, 6) is 1.48. The highest BCUT2D eigenvalue weighted by molar-refractivity contribution is 6.32. The molecule has 4 rings (SSSR count).